The summed E-state index contributed by atoms with van der Waals surface area (Å²) in [5.41, 5.74) is 1.29. The van der Waals surface area contributed by atoms with Crippen LogP contribution in [0.3, 0.4) is 0 Å². The number of amides is 3. The van der Waals surface area contributed by atoms with Crippen molar-refractivity contribution in [2.75, 3.05) is 0 Å². The molecule has 0 radical (unpaired) electrons. The number of ketones is 1. The van der Waals surface area contributed by atoms with Gasteiger partial charge in [0.25, 0.3) is 11.8 Å². The first kappa shape index (κ1) is 27.7. The van der Waals surface area contributed by atoms with Gasteiger partial charge >= 0.3 is 0 Å². The molecule has 0 aliphatic heterocycles. The quantitative estimate of drug-likeness (QED) is 0.452. The maximum Gasteiger partial charge on any atom is 0.290 e. The Bertz CT molecular complexity index is 1030. The summed E-state index contributed by atoms with van der Waals surface area (Å²) < 4.78 is 0. The van der Waals surface area contributed by atoms with E-state index in [1.54, 1.807) is 32.9 Å². The standard InChI is InChI=1S/C27H36N4O4/c1-17(2)14-22(30-24(33)20-13-12-18(3)28-16-20)25(34)29-21(15-19-10-8-7-9-11-19)23(32)26(35)31-27(4,5)6/h7-13,16-17,21-22H,14-15H2,1-6H3,(H,29,34)(H,30,33)(H,31,35)/t21?,22-/m0/s1. The van der Waals surface area contributed by atoms with E-state index in [0.717, 1.165) is 11.3 Å². The minimum atomic E-state index is -1.08. The van der Waals surface area contributed by atoms with Crippen molar-refractivity contribution in [3.8, 4) is 0 Å². The number of hydrogen-bond donors (Lipinski definition) is 3. The first-order valence-electron chi connectivity index (χ1n) is 11.8. The molecular formula is C27H36N4O4. The second-order valence-electron chi connectivity index (χ2n) is 10.2. The third-order valence-corrected chi connectivity index (χ3v) is 5.13. The second-order valence-corrected chi connectivity index (χ2v) is 10.2. The van der Waals surface area contributed by atoms with Crippen molar-refractivity contribution >= 4 is 23.5 Å². The monoisotopic (exact) mass is 480 g/mol. The van der Waals surface area contributed by atoms with E-state index in [9.17, 15) is 19.2 Å². The van der Waals surface area contributed by atoms with Crippen LogP contribution in [0.2, 0.25) is 0 Å². The van der Waals surface area contributed by atoms with E-state index >= 15 is 0 Å². The van der Waals surface area contributed by atoms with Gasteiger partial charge in [-0.3, -0.25) is 24.2 Å². The van der Waals surface area contributed by atoms with Gasteiger partial charge in [-0.25, -0.2) is 0 Å². The van der Waals surface area contributed by atoms with E-state index in [0.29, 0.717) is 12.0 Å². The Morgan fingerprint density at radius 3 is 2.11 bits per heavy atom. The van der Waals surface area contributed by atoms with Gasteiger partial charge < -0.3 is 16.0 Å². The highest BCUT2D eigenvalue weighted by atomic mass is 16.2. The van der Waals surface area contributed by atoms with E-state index in [-0.39, 0.29) is 12.3 Å². The number of aryl methyl sites for hydroxylation is 1. The number of Topliss-reactive ketones (excluding diaryl/α,β-unsaturated/α-hetero) is 1. The third kappa shape index (κ3) is 9.31. The lowest BCUT2D eigenvalue weighted by Crippen LogP contribution is -2.56. The van der Waals surface area contributed by atoms with Crippen LogP contribution in [-0.2, 0) is 20.8 Å². The molecule has 3 amide bonds. The van der Waals surface area contributed by atoms with E-state index in [1.807, 2.05) is 51.1 Å². The molecule has 0 saturated carbocycles. The highest BCUT2D eigenvalue weighted by Gasteiger charge is 2.32. The molecule has 8 nitrogen and oxygen atoms in total. The van der Waals surface area contributed by atoms with Crippen LogP contribution >= 0.6 is 0 Å². The van der Waals surface area contributed by atoms with Gasteiger partial charge in [0.05, 0.1) is 5.56 Å². The van der Waals surface area contributed by atoms with E-state index < -0.39 is 41.1 Å². The molecule has 0 bridgehead atoms. The van der Waals surface area contributed by atoms with E-state index in [2.05, 4.69) is 20.9 Å². The maximum atomic E-state index is 13.3. The Balaban J connectivity index is 2.24. The molecular weight excluding hydrogens is 444 g/mol. The molecule has 188 valence electrons. The summed E-state index contributed by atoms with van der Waals surface area (Å²) in [6.07, 6.45) is 1.96. The van der Waals surface area contributed by atoms with Crippen molar-refractivity contribution in [1.82, 2.24) is 20.9 Å². The van der Waals surface area contributed by atoms with E-state index in [1.165, 1.54) is 6.20 Å². The van der Waals surface area contributed by atoms with Crippen LogP contribution in [0.15, 0.2) is 48.7 Å². The normalized spacial score (nSPS) is 13.0. The lowest BCUT2D eigenvalue weighted by atomic mass is 9.98. The zero-order valence-corrected chi connectivity index (χ0v) is 21.3. The molecule has 2 rings (SSSR count). The number of pyridine rings is 1. The predicted molar refractivity (Wildman–Crippen MR) is 135 cm³/mol. The SMILES string of the molecule is Cc1ccc(C(=O)N[C@@H](CC(C)C)C(=O)NC(Cc2ccccc2)C(=O)C(=O)NC(C)(C)C)cn1. The van der Waals surface area contributed by atoms with Crippen LogP contribution < -0.4 is 16.0 Å². The Morgan fingerprint density at radius 2 is 1.57 bits per heavy atom. The molecule has 35 heavy (non-hydrogen) atoms. The molecule has 0 aliphatic carbocycles. The molecule has 2 atom stereocenters. The molecule has 2 aromatic rings. The maximum absolute atomic E-state index is 13.3. The minimum Gasteiger partial charge on any atom is -0.345 e. The molecule has 3 N–H and O–H groups in total. The van der Waals surface area contributed by atoms with Crippen LogP contribution in [0.1, 0.15) is 62.7 Å². The van der Waals surface area contributed by atoms with Gasteiger partial charge in [-0.2, -0.15) is 0 Å². The van der Waals surface area contributed by atoms with Gasteiger partial charge in [0, 0.05) is 23.9 Å². The number of rotatable bonds is 10. The number of carbonyl (C=O) groups excluding carboxylic acids is 4. The van der Waals surface area contributed by atoms with Gasteiger partial charge in [0.2, 0.25) is 11.7 Å². The molecule has 0 fully saturated rings. The lowest BCUT2D eigenvalue weighted by Gasteiger charge is -2.25. The average molecular weight is 481 g/mol. The number of nitrogens with one attached hydrogen (secondary N) is 3. The van der Waals surface area contributed by atoms with Crippen LogP contribution in [0.4, 0.5) is 0 Å². The van der Waals surface area contributed by atoms with Crippen molar-refractivity contribution in [2.24, 2.45) is 5.92 Å². The van der Waals surface area contributed by atoms with Crippen LogP contribution in [0.25, 0.3) is 0 Å². The fourth-order valence-corrected chi connectivity index (χ4v) is 3.44. The van der Waals surface area contributed by atoms with Gasteiger partial charge in [0.1, 0.15) is 12.1 Å². The smallest absolute Gasteiger partial charge is 0.290 e. The van der Waals surface area contributed by atoms with Crippen molar-refractivity contribution in [3.05, 3.63) is 65.5 Å². The number of benzene rings is 1. The van der Waals surface area contributed by atoms with Gasteiger partial charge in [-0.05, 0) is 57.7 Å². The number of hydrogen-bond acceptors (Lipinski definition) is 5. The highest BCUT2D eigenvalue weighted by Crippen LogP contribution is 2.10. The predicted octanol–water partition coefficient (Wildman–Crippen LogP) is 2.75. The molecule has 8 heteroatoms. The van der Waals surface area contributed by atoms with Crippen LogP contribution in [0.5, 0.6) is 0 Å². The molecule has 1 aromatic heterocycles. The van der Waals surface area contributed by atoms with Crippen molar-refractivity contribution < 1.29 is 19.2 Å². The molecule has 0 saturated heterocycles. The molecule has 0 aliphatic rings. The fraction of sp³-hybridized carbons (Fsp3) is 0.444. The Morgan fingerprint density at radius 1 is 0.914 bits per heavy atom. The third-order valence-electron chi connectivity index (χ3n) is 5.13. The number of carbonyl (C=O) groups is 4. The largest absolute Gasteiger partial charge is 0.345 e. The minimum absolute atomic E-state index is 0.0923. The van der Waals surface area contributed by atoms with Gasteiger partial charge in [-0.15, -0.1) is 0 Å². The summed E-state index contributed by atoms with van der Waals surface area (Å²) in [5, 5.41) is 8.14. The van der Waals surface area contributed by atoms with Crippen molar-refractivity contribution in [2.45, 2.75) is 72.0 Å². The van der Waals surface area contributed by atoms with E-state index in [4.69, 9.17) is 0 Å². The highest BCUT2D eigenvalue weighted by molar-refractivity contribution is 6.38. The van der Waals surface area contributed by atoms with Crippen LogP contribution in [0, 0.1) is 12.8 Å². The first-order valence-corrected chi connectivity index (χ1v) is 11.8. The summed E-state index contributed by atoms with van der Waals surface area (Å²) in [6, 6.07) is 10.5. The zero-order valence-electron chi connectivity index (χ0n) is 21.3. The van der Waals surface area contributed by atoms with Crippen molar-refractivity contribution in [1.29, 1.82) is 0 Å². The summed E-state index contributed by atoms with van der Waals surface area (Å²) in [4.78, 5) is 55.9. The van der Waals surface area contributed by atoms with Gasteiger partial charge in [0.15, 0.2) is 0 Å². The fourth-order valence-electron chi connectivity index (χ4n) is 3.44. The summed E-state index contributed by atoms with van der Waals surface area (Å²) in [7, 11) is 0. The molecule has 0 spiro atoms. The number of nitrogens with zero attached hydrogens (tertiary/aromatic N) is 1. The Kier molecular flexibility index (Phi) is 9.68. The van der Waals surface area contributed by atoms with Gasteiger partial charge in [-0.1, -0.05) is 44.2 Å². The Labute approximate surface area is 207 Å². The molecule has 1 aromatic carbocycles. The average Bonchev–Trinajstić information content (AvgIpc) is 2.77. The zero-order chi connectivity index (χ0) is 26.2. The topological polar surface area (TPSA) is 117 Å². The second kappa shape index (κ2) is 12.2. The summed E-state index contributed by atoms with van der Waals surface area (Å²) >= 11 is 0. The molecule has 1 heterocycles. The Hall–Kier alpha value is -3.55. The number of aromatic nitrogens is 1. The summed E-state index contributed by atoms with van der Waals surface area (Å²) in [6.45, 7) is 11.0. The summed E-state index contributed by atoms with van der Waals surface area (Å²) in [5.74, 6) is -2.38. The molecule has 1 unspecified atom stereocenters. The van der Waals surface area contributed by atoms with Crippen molar-refractivity contribution in [3.63, 3.8) is 0 Å². The lowest BCUT2D eigenvalue weighted by molar-refractivity contribution is -0.141. The van der Waals surface area contributed by atoms with Crippen LogP contribution in [-0.4, -0.2) is 46.1 Å². The first-order chi connectivity index (χ1) is 16.4.